The predicted octanol–water partition coefficient (Wildman–Crippen LogP) is 0.675. The lowest BCUT2D eigenvalue weighted by molar-refractivity contribution is 0.298. The predicted molar refractivity (Wildman–Crippen MR) is 43.9 cm³/mol. The van der Waals surface area contributed by atoms with Crippen molar-refractivity contribution in [1.29, 1.82) is 0 Å². The first kappa shape index (κ1) is 8.02. The molecule has 0 aliphatic carbocycles. The Morgan fingerprint density at radius 1 is 1.60 bits per heavy atom. The maximum Gasteiger partial charge on any atom is 0.0232 e. The van der Waals surface area contributed by atoms with Crippen LogP contribution in [0.1, 0.15) is 20.8 Å². The molecule has 1 rings (SSSR count). The maximum absolute atomic E-state index is 5.94. The Bertz CT molecular complexity index is 120. The summed E-state index contributed by atoms with van der Waals surface area (Å²) < 4.78 is 0. The Balaban J connectivity index is 2.53. The third kappa shape index (κ3) is 1.32. The van der Waals surface area contributed by atoms with Crippen LogP contribution >= 0.6 is 0 Å². The van der Waals surface area contributed by atoms with E-state index in [2.05, 4.69) is 25.7 Å². The summed E-state index contributed by atoms with van der Waals surface area (Å²) in [5.41, 5.74) is 6.27. The first-order chi connectivity index (χ1) is 4.56. The van der Waals surface area contributed by atoms with Crippen molar-refractivity contribution in [2.24, 2.45) is 11.1 Å². The van der Waals surface area contributed by atoms with Gasteiger partial charge in [-0.3, -0.25) is 0 Å². The Morgan fingerprint density at radius 3 is 2.40 bits per heavy atom. The minimum absolute atomic E-state index is 0.329. The zero-order valence-corrected chi connectivity index (χ0v) is 7.22. The van der Waals surface area contributed by atoms with Gasteiger partial charge in [0, 0.05) is 19.1 Å². The molecular weight excluding hydrogens is 124 g/mol. The summed E-state index contributed by atoms with van der Waals surface area (Å²) in [7, 11) is 0. The molecule has 2 N–H and O–H groups in total. The van der Waals surface area contributed by atoms with Crippen LogP contribution in [0.5, 0.6) is 0 Å². The maximum atomic E-state index is 5.94. The van der Waals surface area contributed by atoms with Crippen molar-refractivity contribution in [2.75, 3.05) is 19.6 Å². The lowest BCUT2D eigenvalue weighted by Crippen LogP contribution is -2.35. The first-order valence-corrected chi connectivity index (χ1v) is 4.04. The summed E-state index contributed by atoms with van der Waals surface area (Å²) >= 11 is 0. The van der Waals surface area contributed by atoms with Gasteiger partial charge in [-0.25, -0.2) is 0 Å². The molecule has 0 aromatic carbocycles. The van der Waals surface area contributed by atoms with Crippen LogP contribution < -0.4 is 5.73 Å². The lowest BCUT2D eigenvalue weighted by atomic mass is 9.89. The molecule has 0 spiro atoms. The molecule has 0 aromatic rings. The van der Waals surface area contributed by atoms with E-state index in [1.165, 1.54) is 0 Å². The summed E-state index contributed by atoms with van der Waals surface area (Å²) in [5.74, 6) is 0. The van der Waals surface area contributed by atoms with Crippen LogP contribution in [0.15, 0.2) is 0 Å². The van der Waals surface area contributed by atoms with Gasteiger partial charge in [0.05, 0.1) is 0 Å². The molecule has 1 atom stereocenters. The van der Waals surface area contributed by atoms with Crippen molar-refractivity contribution < 1.29 is 0 Å². The molecule has 1 saturated heterocycles. The summed E-state index contributed by atoms with van der Waals surface area (Å²) in [4.78, 5) is 2.41. The van der Waals surface area contributed by atoms with E-state index in [4.69, 9.17) is 5.73 Å². The number of hydrogen-bond acceptors (Lipinski definition) is 2. The van der Waals surface area contributed by atoms with Crippen LogP contribution in [-0.4, -0.2) is 30.6 Å². The van der Waals surface area contributed by atoms with Gasteiger partial charge < -0.3 is 10.6 Å². The van der Waals surface area contributed by atoms with E-state index in [1.54, 1.807) is 0 Å². The van der Waals surface area contributed by atoms with Gasteiger partial charge in [0.15, 0.2) is 0 Å². The van der Waals surface area contributed by atoms with Crippen LogP contribution in [0.4, 0.5) is 0 Å². The minimum Gasteiger partial charge on any atom is -0.326 e. The quantitative estimate of drug-likeness (QED) is 0.583. The molecule has 0 aromatic heterocycles. The van der Waals surface area contributed by atoms with Crippen molar-refractivity contribution in [1.82, 2.24) is 4.90 Å². The highest BCUT2D eigenvalue weighted by Crippen LogP contribution is 2.27. The van der Waals surface area contributed by atoms with E-state index in [0.29, 0.717) is 11.5 Å². The van der Waals surface area contributed by atoms with E-state index in [-0.39, 0.29) is 0 Å². The molecule has 1 heterocycles. The molecule has 1 aliphatic heterocycles. The van der Waals surface area contributed by atoms with Crippen molar-refractivity contribution >= 4 is 0 Å². The Labute approximate surface area is 63.4 Å². The first-order valence-electron chi connectivity index (χ1n) is 4.04. The molecule has 1 fully saturated rings. The monoisotopic (exact) mass is 142 g/mol. The number of likely N-dealkylation sites (N-methyl/N-ethyl adjacent to an activating group) is 1. The SMILES string of the molecule is CCN1C[C@H](N)C(C)(C)C1. The number of hydrogen-bond donors (Lipinski definition) is 1. The Kier molecular flexibility index (Phi) is 2.02. The molecule has 2 nitrogen and oxygen atoms in total. The van der Waals surface area contributed by atoms with Gasteiger partial charge in [0.2, 0.25) is 0 Å². The van der Waals surface area contributed by atoms with E-state index < -0.39 is 0 Å². The molecule has 60 valence electrons. The van der Waals surface area contributed by atoms with E-state index in [0.717, 1.165) is 19.6 Å². The van der Waals surface area contributed by atoms with Crippen LogP contribution in [0.25, 0.3) is 0 Å². The summed E-state index contributed by atoms with van der Waals surface area (Å²) in [6.45, 7) is 10.0. The molecule has 2 heteroatoms. The fourth-order valence-corrected chi connectivity index (χ4v) is 1.52. The Hall–Kier alpha value is -0.0800. The second kappa shape index (κ2) is 2.51. The van der Waals surface area contributed by atoms with Gasteiger partial charge in [0.1, 0.15) is 0 Å². The average Bonchev–Trinajstić information content (AvgIpc) is 2.08. The van der Waals surface area contributed by atoms with Gasteiger partial charge >= 0.3 is 0 Å². The van der Waals surface area contributed by atoms with E-state index in [9.17, 15) is 0 Å². The zero-order chi connectivity index (χ0) is 7.78. The van der Waals surface area contributed by atoms with Crippen LogP contribution in [0.2, 0.25) is 0 Å². The Morgan fingerprint density at radius 2 is 2.20 bits per heavy atom. The topological polar surface area (TPSA) is 29.3 Å². The van der Waals surface area contributed by atoms with Crippen molar-refractivity contribution in [3.8, 4) is 0 Å². The summed E-state index contributed by atoms with van der Waals surface area (Å²) in [6.07, 6.45) is 0. The van der Waals surface area contributed by atoms with Gasteiger partial charge in [-0.2, -0.15) is 0 Å². The van der Waals surface area contributed by atoms with Gasteiger partial charge in [-0.15, -0.1) is 0 Å². The van der Waals surface area contributed by atoms with Crippen molar-refractivity contribution in [3.05, 3.63) is 0 Å². The molecule has 0 bridgehead atoms. The molecule has 0 unspecified atom stereocenters. The minimum atomic E-state index is 0.329. The van der Waals surface area contributed by atoms with Gasteiger partial charge in [-0.05, 0) is 12.0 Å². The van der Waals surface area contributed by atoms with Crippen molar-refractivity contribution in [3.63, 3.8) is 0 Å². The van der Waals surface area contributed by atoms with Crippen LogP contribution in [0, 0.1) is 5.41 Å². The second-order valence-electron chi connectivity index (χ2n) is 3.92. The summed E-state index contributed by atoms with van der Waals surface area (Å²) in [6, 6.07) is 0.368. The van der Waals surface area contributed by atoms with Gasteiger partial charge in [0.25, 0.3) is 0 Å². The number of likely N-dealkylation sites (tertiary alicyclic amines) is 1. The highest BCUT2D eigenvalue weighted by atomic mass is 15.2. The second-order valence-corrected chi connectivity index (χ2v) is 3.92. The number of rotatable bonds is 1. The number of nitrogens with two attached hydrogens (primary N) is 1. The largest absolute Gasteiger partial charge is 0.326 e. The lowest BCUT2D eigenvalue weighted by Gasteiger charge is -2.21. The fraction of sp³-hybridized carbons (Fsp3) is 1.00. The summed E-state index contributed by atoms with van der Waals surface area (Å²) in [5, 5.41) is 0. The van der Waals surface area contributed by atoms with Crippen LogP contribution in [-0.2, 0) is 0 Å². The molecule has 0 saturated carbocycles. The standard InChI is InChI=1S/C8H18N2/c1-4-10-5-7(9)8(2,3)6-10/h7H,4-6,9H2,1-3H3/t7-/m0/s1. The van der Waals surface area contributed by atoms with Gasteiger partial charge in [-0.1, -0.05) is 20.8 Å². The molecule has 0 amide bonds. The highest BCUT2D eigenvalue weighted by Gasteiger charge is 2.35. The average molecular weight is 142 g/mol. The van der Waals surface area contributed by atoms with E-state index in [1.807, 2.05) is 0 Å². The molecule has 1 aliphatic rings. The smallest absolute Gasteiger partial charge is 0.0232 e. The zero-order valence-electron chi connectivity index (χ0n) is 7.22. The van der Waals surface area contributed by atoms with Crippen molar-refractivity contribution in [2.45, 2.75) is 26.8 Å². The number of nitrogens with zero attached hydrogens (tertiary/aromatic N) is 1. The fourth-order valence-electron chi connectivity index (χ4n) is 1.52. The molecular formula is C8H18N2. The normalized spacial score (nSPS) is 33.0. The highest BCUT2D eigenvalue weighted by molar-refractivity contribution is 4.92. The van der Waals surface area contributed by atoms with E-state index >= 15 is 0 Å². The third-order valence-electron chi connectivity index (χ3n) is 2.54. The molecule has 10 heavy (non-hydrogen) atoms. The van der Waals surface area contributed by atoms with Crippen LogP contribution in [0.3, 0.4) is 0 Å². The molecule has 0 radical (unpaired) electrons. The third-order valence-corrected chi connectivity index (χ3v) is 2.54.